The lowest BCUT2D eigenvalue weighted by molar-refractivity contribution is 0.920. The highest BCUT2D eigenvalue weighted by Crippen LogP contribution is 2.18. The van der Waals surface area contributed by atoms with Gasteiger partial charge >= 0.3 is 0 Å². The molecule has 100 valence electrons. The lowest BCUT2D eigenvalue weighted by Crippen LogP contribution is -2.10. The molecule has 0 atom stereocenters. The summed E-state index contributed by atoms with van der Waals surface area (Å²) in [5, 5.41) is 3.29. The van der Waals surface area contributed by atoms with Gasteiger partial charge in [0, 0.05) is 18.2 Å². The summed E-state index contributed by atoms with van der Waals surface area (Å²) in [6.07, 6.45) is 2.56. The third kappa shape index (κ3) is 2.99. The van der Waals surface area contributed by atoms with Crippen LogP contribution in [0.3, 0.4) is 0 Å². The van der Waals surface area contributed by atoms with Crippen LogP contribution in [0, 0.1) is 13.8 Å². The number of nitrogens with zero attached hydrogens (tertiary/aromatic N) is 3. The van der Waals surface area contributed by atoms with Crippen molar-refractivity contribution < 1.29 is 0 Å². The van der Waals surface area contributed by atoms with E-state index in [2.05, 4.69) is 20.3 Å². The maximum absolute atomic E-state index is 5.89. The highest BCUT2D eigenvalue weighted by atomic mass is 15.1. The predicted molar refractivity (Wildman–Crippen MR) is 76.9 cm³/mol. The standard InChI is InChI=1S/C14H19N5/c1-4-12-18-13(15)10(3)14(19-12)17-8-11-9(2)6-5-7-16-11/h5-7H,4,8H2,1-3H3,(H3,15,17,18,19). The van der Waals surface area contributed by atoms with Crippen LogP contribution in [0.5, 0.6) is 0 Å². The van der Waals surface area contributed by atoms with Crippen LogP contribution in [0.25, 0.3) is 0 Å². The molecular formula is C14H19N5. The van der Waals surface area contributed by atoms with Crippen LogP contribution >= 0.6 is 0 Å². The molecule has 5 nitrogen and oxygen atoms in total. The highest BCUT2D eigenvalue weighted by Gasteiger charge is 2.08. The first-order chi connectivity index (χ1) is 9.11. The molecular weight excluding hydrogens is 238 g/mol. The van der Waals surface area contributed by atoms with Crippen LogP contribution in [-0.4, -0.2) is 15.0 Å². The second kappa shape index (κ2) is 5.65. The molecule has 0 aliphatic rings. The molecule has 0 amide bonds. The molecule has 0 unspecified atom stereocenters. The third-order valence-corrected chi connectivity index (χ3v) is 3.09. The van der Waals surface area contributed by atoms with Crippen molar-refractivity contribution in [1.29, 1.82) is 0 Å². The summed E-state index contributed by atoms with van der Waals surface area (Å²) in [5.74, 6) is 2.07. The van der Waals surface area contributed by atoms with Gasteiger partial charge in [-0.2, -0.15) is 0 Å². The van der Waals surface area contributed by atoms with E-state index in [1.165, 1.54) is 0 Å². The number of hydrogen-bond donors (Lipinski definition) is 2. The molecule has 0 spiro atoms. The second-order valence-electron chi connectivity index (χ2n) is 4.47. The number of nitrogens with two attached hydrogens (primary N) is 1. The van der Waals surface area contributed by atoms with E-state index in [0.717, 1.165) is 34.9 Å². The SMILES string of the molecule is CCc1nc(N)c(C)c(NCc2ncccc2C)n1. The van der Waals surface area contributed by atoms with Crippen molar-refractivity contribution in [3.05, 3.63) is 41.0 Å². The van der Waals surface area contributed by atoms with E-state index in [1.54, 1.807) is 6.20 Å². The molecule has 2 aromatic heterocycles. The molecule has 3 N–H and O–H groups in total. The van der Waals surface area contributed by atoms with Crippen molar-refractivity contribution in [2.24, 2.45) is 0 Å². The normalized spacial score (nSPS) is 10.5. The average Bonchev–Trinajstić information content (AvgIpc) is 2.42. The molecule has 0 aromatic carbocycles. The van der Waals surface area contributed by atoms with Gasteiger partial charge in [0.2, 0.25) is 0 Å². The average molecular weight is 257 g/mol. The Kier molecular flexibility index (Phi) is 3.94. The number of aryl methyl sites for hydroxylation is 2. The summed E-state index contributed by atoms with van der Waals surface area (Å²) in [7, 11) is 0. The zero-order valence-corrected chi connectivity index (χ0v) is 11.6. The molecule has 2 heterocycles. The number of nitrogens with one attached hydrogen (secondary N) is 1. The Morgan fingerprint density at radius 3 is 2.74 bits per heavy atom. The van der Waals surface area contributed by atoms with Gasteiger partial charge in [-0.05, 0) is 25.5 Å². The molecule has 0 bridgehead atoms. The van der Waals surface area contributed by atoms with Crippen molar-refractivity contribution in [3.63, 3.8) is 0 Å². The molecule has 0 saturated heterocycles. The van der Waals surface area contributed by atoms with Crippen LogP contribution < -0.4 is 11.1 Å². The largest absolute Gasteiger partial charge is 0.383 e. The molecule has 19 heavy (non-hydrogen) atoms. The summed E-state index contributed by atoms with van der Waals surface area (Å²) in [6.45, 7) is 6.61. The van der Waals surface area contributed by atoms with Gasteiger partial charge < -0.3 is 11.1 Å². The van der Waals surface area contributed by atoms with Gasteiger partial charge in [-0.1, -0.05) is 13.0 Å². The van der Waals surface area contributed by atoms with E-state index in [4.69, 9.17) is 5.73 Å². The first kappa shape index (κ1) is 13.3. The van der Waals surface area contributed by atoms with Crippen molar-refractivity contribution in [2.45, 2.75) is 33.7 Å². The van der Waals surface area contributed by atoms with Crippen LogP contribution in [0.2, 0.25) is 0 Å². The minimum Gasteiger partial charge on any atom is -0.383 e. The summed E-state index contributed by atoms with van der Waals surface area (Å²) in [5.41, 5.74) is 8.94. The van der Waals surface area contributed by atoms with Crippen LogP contribution in [-0.2, 0) is 13.0 Å². The predicted octanol–water partition coefficient (Wildman–Crippen LogP) is 2.25. The highest BCUT2D eigenvalue weighted by molar-refractivity contribution is 5.54. The Labute approximate surface area is 113 Å². The maximum atomic E-state index is 5.89. The third-order valence-electron chi connectivity index (χ3n) is 3.09. The van der Waals surface area contributed by atoms with Crippen molar-refractivity contribution in [1.82, 2.24) is 15.0 Å². The monoisotopic (exact) mass is 257 g/mol. The number of rotatable bonds is 4. The number of pyridine rings is 1. The molecule has 2 rings (SSSR count). The van der Waals surface area contributed by atoms with Crippen molar-refractivity contribution >= 4 is 11.6 Å². The first-order valence-electron chi connectivity index (χ1n) is 6.39. The lowest BCUT2D eigenvalue weighted by atomic mass is 10.2. The van der Waals surface area contributed by atoms with Gasteiger partial charge in [0.15, 0.2) is 0 Å². The van der Waals surface area contributed by atoms with E-state index >= 15 is 0 Å². The van der Waals surface area contributed by atoms with E-state index < -0.39 is 0 Å². The molecule has 0 aliphatic heterocycles. The topological polar surface area (TPSA) is 76.7 Å². The Morgan fingerprint density at radius 2 is 2.05 bits per heavy atom. The summed E-state index contributed by atoms with van der Waals surface area (Å²) >= 11 is 0. The zero-order valence-electron chi connectivity index (χ0n) is 11.6. The fourth-order valence-corrected chi connectivity index (χ4v) is 1.78. The van der Waals surface area contributed by atoms with Crippen LogP contribution in [0.4, 0.5) is 11.6 Å². The Balaban J connectivity index is 2.20. The number of nitrogen functional groups attached to an aromatic ring is 1. The quantitative estimate of drug-likeness (QED) is 0.878. The molecule has 0 fully saturated rings. The lowest BCUT2D eigenvalue weighted by Gasteiger charge is -2.12. The van der Waals surface area contributed by atoms with E-state index in [0.29, 0.717) is 12.4 Å². The van der Waals surface area contributed by atoms with Gasteiger partial charge in [0.1, 0.15) is 17.5 Å². The molecule has 2 aromatic rings. The molecule has 0 aliphatic carbocycles. The van der Waals surface area contributed by atoms with Gasteiger partial charge in [-0.15, -0.1) is 0 Å². The number of aromatic nitrogens is 3. The van der Waals surface area contributed by atoms with Gasteiger partial charge in [-0.25, -0.2) is 9.97 Å². The minimum absolute atomic E-state index is 0.534. The number of hydrogen-bond acceptors (Lipinski definition) is 5. The molecule has 0 saturated carbocycles. The first-order valence-corrected chi connectivity index (χ1v) is 6.39. The Hall–Kier alpha value is -2.17. The van der Waals surface area contributed by atoms with E-state index in [9.17, 15) is 0 Å². The summed E-state index contributed by atoms with van der Waals surface area (Å²) in [4.78, 5) is 13.1. The van der Waals surface area contributed by atoms with Crippen molar-refractivity contribution in [2.75, 3.05) is 11.1 Å². The van der Waals surface area contributed by atoms with Crippen LogP contribution in [0.15, 0.2) is 18.3 Å². The second-order valence-corrected chi connectivity index (χ2v) is 4.47. The van der Waals surface area contributed by atoms with Crippen molar-refractivity contribution in [3.8, 4) is 0 Å². The van der Waals surface area contributed by atoms with Gasteiger partial charge in [-0.3, -0.25) is 4.98 Å². The maximum Gasteiger partial charge on any atom is 0.135 e. The summed E-state index contributed by atoms with van der Waals surface area (Å²) in [6, 6.07) is 3.98. The van der Waals surface area contributed by atoms with E-state index in [1.807, 2.05) is 32.9 Å². The molecule has 5 heteroatoms. The zero-order chi connectivity index (χ0) is 13.8. The van der Waals surface area contributed by atoms with E-state index in [-0.39, 0.29) is 0 Å². The fraction of sp³-hybridized carbons (Fsp3) is 0.357. The number of anilines is 2. The van der Waals surface area contributed by atoms with Gasteiger partial charge in [0.25, 0.3) is 0 Å². The fourth-order valence-electron chi connectivity index (χ4n) is 1.78. The smallest absolute Gasteiger partial charge is 0.135 e. The minimum atomic E-state index is 0.534. The van der Waals surface area contributed by atoms with Gasteiger partial charge in [0.05, 0.1) is 12.2 Å². The molecule has 0 radical (unpaired) electrons. The van der Waals surface area contributed by atoms with Crippen LogP contribution in [0.1, 0.15) is 29.6 Å². The Morgan fingerprint density at radius 1 is 1.26 bits per heavy atom. The summed E-state index contributed by atoms with van der Waals surface area (Å²) < 4.78 is 0. The Bertz CT molecular complexity index is 580.